The van der Waals surface area contributed by atoms with Crippen molar-refractivity contribution in [3.8, 4) is 0 Å². The number of aryl methyl sites for hydroxylation is 2. The SMILES string of the molecule is CCC[C@](C)(NS(=O)(=O)c1c(C)nn(C)c1Cl)C(=O)O. The van der Waals surface area contributed by atoms with Crippen molar-refractivity contribution in [3.63, 3.8) is 0 Å². The van der Waals surface area contributed by atoms with Gasteiger partial charge in [-0.2, -0.15) is 9.82 Å². The van der Waals surface area contributed by atoms with E-state index in [0.29, 0.717) is 6.42 Å². The zero-order valence-electron chi connectivity index (χ0n) is 11.8. The smallest absolute Gasteiger partial charge is 0.324 e. The van der Waals surface area contributed by atoms with Crippen LogP contribution in [0.4, 0.5) is 0 Å². The number of aromatic nitrogens is 2. The average molecular weight is 324 g/mol. The first-order chi connectivity index (χ1) is 9.05. The number of carboxylic acid groups (broad SMARTS) is 1. The monoisotopic (exact) mass is 323 g/mol. The number of halogens is 1. The molecule has 0 bridgehead atoms. The summed E-state index contributed by atoms with van der Waals surface area (Å²) >= 11 is 5.92. The van der Waals surface area contributed by atoms with E-state index in [1.165, 1.54) is 25.6 Å². The number of hydrogen-bond acceptors (Lipinski definition) is 4. The Balaban J connectivity index is 3.27. The average Bonchev–Trinajstić information content (AvgIpc) is 2.52. The molecule has 9 heteroatoms. The lowest BCUT2D eigenvalue weighted by Gasteiger charge is -2.25. The third-order valence-corrected chi connectivity index (χ3v) is 5.24. The van der Waals surface area contributed by atoms with Gasteiger partial charge < -0.3 is 5.11 Å². The van der Waals surface area contributed by atoms with Gasteiger partial charge in [-0.25, -0.2) is 8.42 Å². The summed E-state index contributed by atoms with van der Waals surface area (Å²) in [5.41, 5.74) is -1.37. The quantitative estimate of drug-likeness (QED) is 0.821. The fourth-order valence-electron chi connectivity index (χ4n) is 1.97. The number of nitrogens with zero attached hydrogens (tertiary/aromatic N) is 2. The molecule has 0 unspecified atom stereocenters. The second-order valence-electron chi connectivity index (χ2n) is 4.82. The van der Waals surface area contributed by atoms with Crippen LogP contribution >= 0.6 is 11.6 Å². The van der Waals surface area contributed by atoms with E-state index >= 15 is 0 Å². The number of carbonyl (C=O) groups is 1. The zero-order chi connectivity index (χ0) is 15.7. The maximum atomic E-state index is 12.4. The third kappa shape index (κ3) is 3.13. The van der Waals surface area contributed by atoms with Crippen molar-refractivity contribution in [1.82, 2.24) is 14.5 Å². The van der Waals surface area contributed by atoms with Gasteiger partial charge in [0.2, 0.25) is 10.0 Å². The van der Waals surface area contributed by atoms with Crippen molar-refractivity contribution in [2.24, 2.45) is 7.05 Å². The van der Waals surface area contributed by atoms with Crippen LogP contribution in [-0.2, 0) is 21.9 Å². The highest BCUT2D eigenvalue weighted by Crippen LogP contribution is 2.26. The van der Waals surface area contributed by atoms with E-state index in [2.05, 4.69) is 9.82 Å². The molecular weight excluding hydrogens is 306 g/mol. The molecule has 1 rings (SSSR count). The van der Waals surface area contributed by atoms with Gasteiger partial charge in [0.15, 0.2) is 0 Å². The Morgan fingerprint density at radius 1 is 1.55 bits per heavy atom. The number of aliphatic carboxylic acids is 1. The minimum atomic E-state index is -4.07. The molecular formula is C11H18ClN3O4S. The fraction of sp³-hybridized carbons (Fsp3) is 0.636. The zero-order valence-corrected chi connectivity index (χ0v) is 13.3. The van der Waals surface area contributed by atoms with Crippen LogP contribution < -0.4 is 4.72 Å². The highest BCUT2D eigenvalue weighted by Gasteiger charge is 2.39. The molecule has 2 N–H and O–H groups in total. The maximum absolute atomic E-state index is 12.4. The van der Waals surface area contributed by atoms with E-state index < -0.39 is 21.5 Å². The third-order valence-electron chi connectivity index (χ3n) is 2.95. The van der Waals surface area contributed by atoms with Crippen LogP contribution in [-0.4, -0.2) is 34.8 Å². The Bertz CT molecular complexity index is 626. The molecule has 0 aliphatic heterocycles. The number of hydrogen-bond donors (Lipinski definition) is 2. The Labute approximate surface area is 123 Å². The standard InChI is InChI=1S/C11H18ClN3O4S/c1-5-6-11(3,10(16)17)14-20(18,19)8-7(2)13-15(4)9(8)12/h14H,5-6H2,1-4H3,(H,16,17)/t11-/m0/s1. The van der Waals surface area contributed by atoms with Crippen molar-refractivity contribution in [3.05, 3.63) is 10.8 Å². The van der Waals surface area contributed by atoms with Gasteiger partial charge in [-0.3, -0.25) is 9.48 Å². The molecule has 0 aliphatic carbocycles. The molecule has 0 fully saturated rings. The van der Waals surface area contributed by atoms with Crippen LogP contribution in [0.5, 0.6) is 0 Å². The molecule has 0 spiro atoms. The number of carboxylic acids is 1. The summed E-state index contributed by atoms with van der Waals surface area (Å²) in [6, 6.07) is 0. The van der Waals surface area contributed by atoms with E-state index in [9.17, 15) is 18.3 Å². The summed E-state index contributed by atoms with van der Waals surface area (Å²) in [7, 11) is -2.56. The number of nitrogens with one attached hydrogen (secondary N) is 1. The molecule has 0 radical (unpaired) electrons. The summed E-state index contributed by atoms with van der Waals surface area (Å²) in [5, 5.41) is 13.1. The molecule has 0 aromatic carbocycles. The first-order valence-corrected chi connectivity index (χ1v) is 7.87. The molecule has 1 aromatic rings. The lowest BCUT2D eigenvalue weighted by molar-refractivity contribution is -0.143. The molecule has 0 aliphatic rings. The van der Waals surface area contributed by atoms with Crippen molar-refractivity contribution < 1.29 is 18.3 Å². The fourth-order valence-corrected chi connectivity index (χ4v) is 4.11. The van der Waals surface area contributed by atoms with Gasteiger partial charge in [-0.1, -0.05) is 24.9 Å². The van der Waals surface area contributed by atoms with Crippen LogP contribution in [0.2, 0.25) is 5.15 Å². The Kier molecular flexibility index (Phi) is 4.83. The minimum absolute atomic E-state index is 0.0563. The van der Waals surface area contributed by atoms with E-state index in [-0.39, 0.29) is 22.2 Å². The summed E-state index contributed by atoms with van der Waals surface area (Å²) in [6.07, 6.45) is 0.684. The van der Waals surface area contributed by atoms with Crippen LogP contribution in [0, 0.1) is 6.92 Å². The molecule has 0 amide bonds. The van der Waals surface area contributed by atoms with Crippen LogP contribution in [0.1, 0.15) is 32.4 Å². The van der Waals surface area contributed by atoms with Crippen LogP contribution in [0.15, 0.2) is 4.90 Å². The molecule has 20 heavy (non-hydrogen) atoms. The normalized spacial score (nSPS) is 15.1. The Morgan fingerprint density at radius 3 is 2.45 bits per heavy atom. The van der Waals surface area contributed by atoms with Gasteiger partial charge in [0.05, 0.1) is 5.69 Å². The molecule has 7 nitrogen and oxygen atoms in total. The van der Waals surface area contributed by atoms with Gasteiger partial charge in [0.1, 0.15) is 15.6 Å². The summed E-state index contributed by atoms with van der Waals surface area (Å²) in [5.74, 6) is -1.24. The van der Waals surface area contributed by atoms with Gasteiger partial charge in [-0.15, -0.1) is 0 Å². The number of rotatable bonds is 6. The van der Waals surface area contributed by atoms with E-state index in [1.54, 1.807) is 6.92 Å². The molecule has 1 aromatic heterocycles. The highest BCUT2D eigenvalue weighted by atomic mass is 35.5. The van der Waals surface area contributed by atoms with Crippen molar-refractivity contribution >= 4 is 27.6 Å². The molecule has 0 saturated carbocycles. The first-order valence-electron chi connectivity index (χ1n) is 6.01. The van der Waals surface area contributed by atoms with Crippen LogP contribution in [0.25, 0.3) is 0 Å². The first kappa shape index (κ1) is 16.9. The summed E-state index contributed by atoms with van der Waals surface area (Å²) in [4.78, 5) is 11.1. The van der Waals surface area contributed by atoms with Crippen molar-refractivity contribution in [2.45, 2.75) is 44.0 Å². The van der Waals surface area contributed by atoms with E-state index in [4.69, 9.17) is 11.6 Å². The predicted molar refractivity (Wildman–Crippen MR) is 74.2 cm³/mol. The Morgan fingerprint density at radius 2 is 2.10 bits per heavy atom. The topological polar surface area (TPSA) is 101 Å². The lowest BCUT2D eigenvalue weighted by Crippen LogP contribution is -2.52. The van der Waals surface area contributed by atoms with Crippen LogP contribution in [0.3, 0.4) is 0 Å². The van der Waals surface area contributed by atoms with E-state index in [1.807, 2.05) is 0 Å². The molecule has 1 heterocycles. The predicted octanol–water partition coefficient (Wildman–Crippen LogP) is 1.30. The Hall–Kier alpha value is -1.12. The van der Waals surface area contributed by atoms with Gasteiger partial charge in [-0.05, 0) is 20.3 Å². The van der Waals surface area contributed by atoms with Crippen molar-refractivity contribution in [1.29, 1.82) is 0 Å². The number of sulfonamides is 1. The highest BCUT2D eigenvalue weighted by molar-refractivity contribution is 7.89. The van der Waals surface area contributed by atoms with Gasteiger partial charge in [0.25, 0.3) is 0 Å². The summed E-state index contributed by atoms with van der Waals surface area (Å²) < 4.78 is 28.2. The molecule has 0 saturated heterocycles. The van der Waals surface area contributed by atoms with Gasteiger partial charge >= 0.3 is 5.97 Å². The van der Waals surface area contributed by atoms with Gasteiger partial charge in [0, 0.05) is 7.05 Å². The minimum Gasteiger partial charge on any atom is -0.480 e. The lowest BCUT2D eigenvalue weighted by atomic mass is 9.98. The largest absolute Gasteiger partial charge is 0.480 e. The molecule has 114 valence electrons. The second-order valence-corrected chi connectivity index (χ2v) is 6.80. The summed E-state index contributed by atoms with van der Waals surface area (Å²) in [6.45, 7) is 4.60. The van der Waals surface area contributed by atoms with Crippen molar-refractivity contribution in [2.75, 3.05) is 0 Å². The second kappa shape index (κ2) is 5.71. The molecule has 1 atom stereocenters. The maximum Gasteiger partial charge on any atom is 0.324 e. The van der Waals surface area contributed by atoms with E-state index in [0.717, 1.165) is 0 Å².